The van der Waals surface area contributed by atoms with Gasteiger partial charge in [-0.2, -0.15) is 0 Å². The fraction of sp³-hybridized carbons (Fsp3) is 0.300. The van der Waals surface area contributed by atoms with Crippen LogP contribution in [0.3, 0.4) is 0 Å². The third kappa shape index (κ3) is 6.04. The lowest BCUT2D eigenvalue weighted by Crippen LogP contribution is -2.10. The quantitative estimate of drug-likeness (QED) is 0.791. The highest BCUT2D eigenvalue weighted by molar-refractivity contribution is 6.01. The Morgan fingerprint density at radius 2 is 1.92 bits per heavy atom. The molecule has 0 aliphatic rings. The Bertz CT molecular complexity index is 714. The summed E-state index contributed by atoms with van der Waals surface area (Å²) in [7, 11) is 0. The molecule has 0 saturated carbocycles. The van der Waals surface area contributed by atoms with E-state index in [-0.39, 0.29) is 24.5 Å². The number of aliphatic hydroxyl groups excluding tert-OH is 1. The molecule has 2 aromatic rings. The summed E-state index contributed by atoms with van der Waals surface area (Å²) in [6.45, 7) is 6.62. The minimum Gasteiger partial charge on any atom is -0.475 e. The predicted octanol–water partition coefficient (Wildman–Crippen LogP) is 3.40. The van der Waals surface area contributed by atoms with E-state index < -0.39 is 0 Å². The summed E-state index contributed by atoms with van der Waals surface area (Å²) >= 11 is 0. The molecule has 0 saturated heterocycles. The van der Waals surface area contributed by atoms with Crippen LogP contribution in [0.4, 0.5) is 5.69 Å². The van der Waals surface area contributed by atoms with Crippen LogP contribution in [0.25, 0.3) is 6.08 Å². The van der Waals surface area contributed by atoms with Crippen molar-refractivity contribution in [2.75, 3.05) is 18.5 Å². The van der Waals surface area contributed by atoms with Crippen LogP contribution >= 0.6 is 0 Å². The van der Waals surface area contributed by atoms with E-state index in [1.165, 1.54) is 17.8 Å². The molecule has 0 spiro atoms. The van der Waals surface area contributed by atoms with Gasteiger partial charge in [-0.3, -0.25) is 4.79 Å². The average Bonchev–Trinajstić information content (AvgIpc) is 2.59. The second kappa shape index (κ2) is 8.44. The number of aromatic nitrogens is 1. The van der Waals surface area contributed by atoms with E-state index in [0.29, 0.717) is 11.6 Å². The Morgan fingerprint density at radius 1 is 1.20 bits per heavy atom. The lowest BCUT2D eigenvalue weighted by molar-refractivity contribution is -0.111. The van der Waals surface area contributed by atoms with Crippen molar-refractivity contribution in [3.8, 4) is 5.88 Å². The molecule has 0 atom stereocenters. The largest absolute Gasteiger partial charge is 0.475 e. The second-order valence-electron chi connectivity index (χ2n) is 6.65. The smallest absolute Gasteiger partial charge is 0.248 e. The second-order valence-corrected chi connectivity index (χ2v) is 6.65. The van der Waals surface area contributed by atoms with Gasteiger partial charge in [-0.15, -0.1) is 0 Å². The van der Waals surface area contributed by atoms with Gasteiger partial charge in [-0.25, -0.2) is 4.98 Å². The maximum atomic E-state index is 12.0. The molecular weight excluding hydrogens is 316 g/mol. The van der Waals surface area contributed by atoms with E-state index in [1.807, 2.05) is 12.1 Å². The summed E-state index contributed by atoms with van der Waals surface area (Å²) in [5, 5.41) is 11.4. The summed E-state index contributed by atoms with van der Waals surface area (Å²) in [4.78, 5) is 16.0. The molecule has 0 radical (unpaired) electrons. The normalized spacial score (nSPS) is 11.5. The molecule has 1 amide bonds. The third-order valence-corrected chi connectivity index (χ3v) is 3.55. The van der Waals surface area contributed by atoms with Crippen molar-refractivity contribution in [1.29, 1.82) is 0 Å². The van der Waals surface area contributed by atoms with Crippen molar-refractivity contribution in [3.05, 3.63) is 59.8 Å². The number of anilines is 1. The number of rotatable bonds is 6. The molecule has 1 aromatic carbocycles. The topological polar surface area (TPSA) is 71.5 Å². The number of ether oxygens (including phenoxy) is 1. The monoisotopic (exact) mass is 340 g/mol. The number of pyridine rings is 1. The zero-order valence-electron chi connectivity index (χ0n) is 14.8. The molecule has 0 unspecified atom stereocenters. The predicted molar refractivity (Wildman–Crippen MR) is 99.6 cm³/mol. The van der Waals surface area contributed by atoms with Crippen LogP contribution < -0.4 is 10.1 Å². The van der Waals surface area contributed by atoms with Gasteiger partial charge >= 0.3 is 0 Å². The molecular formula is C20H24N2O3. The van der Waals surface area contributed by atoms with E-state index >= 15 is 0 Å². The van der Waals surface area contributed by atoms with Crippen molar-refractivity contribution < 1.29 is 14.6 Å². The first-order valence-electron chi connectivity index (χ1n) is 8.18. The van der Waals surface area contributed by atoms with E-state index in [9.17, 15) is 4.79 Å². The van der Waals surface area contributed by atoms with Gasteiger partial charge in [0.15, 0.2) is 0 Å². The molecule has 132 valence electrons. The number of carbonyl (C=O) groups excluding carboxylic acids is 1. The highest BCUT2D eigenvalue weighted by Crippen LogP contribution is 2.22. The molecule has 5 heteroatoms. The fourth-order valence-electron chi connectivity index (χ4n) is 2.14. The first-order valence-corrected chi connectivity index (χ1v) is 8.18. The van der Waals surface area contributed by atoms with Crippen molar-refractivity contribution in [3.63, 3.8) is 0 Å². The van der Waals surface area contributed by atoms with Gasteiger partial charge < -0.3 is 15.2 Å². The average molecular weight is 340 g/mol. The zero-order chi connectivity index (χ0) is 18.3. The number of amides is 1. The van der Waals surface area contributed by atoms with Crippen molar-refractivity contribution in [2.45, 2.75) is 26.2 Å². The number of nitrogens with one attached hydrogen (secondary N) is 1. The molecule has 0 aliphatic carbocycles. The first-order chi connectivity index (χ1) is 11.9. The zero-order valence-corrected chi connectivity index (χ0v) is 14.8. The Labute approximate surface area is 148 Å². The molecule has 25 heavy (non-hydrogen) atoms. The number of nitrogens with zero attached hydrogens (tertiary/aromatic N) is 1. The minimum absolute atomic E-state index is 0.0678. The van der Waals surface area contributed by atoms with Crippen LogP contribution in [0.5, 0.6) is 5.88 Å². The van der Waals surface area contributed by atoms with Gasteiger partial charge in [0.25, 0.3) is 0 Å². The maximum Gasteiger partial charge on any atom is 0.248 e. The first kappa shape index (κ1) is 18.7. The fourth-order valence-corrected chi connectivity index (χ4v) is 2.14. The summed E-state index contributed by atoms with van der Waals surface area (Å²) in [5.41, 5.74) is 2.91. The third-order valence-electron chi connectivity index (χ3n) is 3.55. The van der Waals surface area contributed by atoms with Crippen molar-refractivity contribution >= 4 is 17.7 Å². The Kier molecular flexibility index (Phi) is 6.31. The van der Waals surface area contributed by atoms with Crippen LogP contribution in [0.1, 0.15) is 31.9 Å². The molecule has 2 rings (SSSR count). The van der Waals surface area contributed by atoms with Crippen molar-refractivity contribution in [1.82, 2.24) is 4.98 Å². The van der Waals surface area contributed by atoms with E-state index in [2.05, 4.69) is 43.2 Å². The number of hydrogen-bond acceptors (Lipinski definition) is 4. The number of carbonyl (C=O) groups is 1. The highest BCUT2D eigenvalue weighted by Gasteiger charge is 2.12. The summed E-state index contributed by atoms with van der Waals surface area (Å²) in [6, 6.07) is 11.5. The van der Waals surface area contributed by atoms with E-state index in [0.717, 1.165) is 5.56 Å². The van der Waals surface area contributed by atoms with Crippen molar-refractivity contribution in [2.24, 2.45) is 0 Å². The van der Waals surface area contributed by atoms with E-state index in [4.69, 9.17) is 9.84 Å². The van der Waals surface area contributed by atoms with Crippen LogP contribution in [0, 0.1) is 0 Å². The molecule has 2 N–H and O–H groups in total. The van der Waals surface area contributed by atoms with Gasteiger partial charge in [-0.05, 0) is 28.7 Å². The number of aliphatic hydroxyl groups is 1. The van der Waals surface area contributed by atoms with Gasteiger partial charge in [0, 0.05) is 12.1 Å². The van der Waals surface area contributed by atoms with Crippen LogP contribution in [0.2, 0.25) is 0 Å². The standard InChI is InChI=1S/C20H24N2O3/c1-20(2,3)16-7-4-15(5-8-16)6-10-18(24)22-17-9-11-19(21-14-17)25-13-12-23/h4-11,14,23H,12-13H2,1-3H3,(H,22,24)/b10-6+. The SMILES string of the molecule is CC(C)(C)c1ccc(/C=C/C(=O)Nc2ccc(OCCO)nc2)cc1. The molecule has 0 aliphatic heterocycles. The molecule has 5 nitrogen and oxygen atoms in total. The lowest BCUT2D eigenvalue weighted by Gasteiger charge is -2.18. The molecule has 1 aromatic heterocycles. The van der Waals surface area contributed by atoms with Gasteiger partial charge in [0.2, 0.25) is 11.8 Å². The minimum atomic E-state index is -0.231. The van der Waals surface area contributed by atoms with Gasteiger partial charge in [0.1, 0.15) is 6.61 Å². The molecule has 1 heterocycles. The summed E-state index contributed by atoms with van der Waals surface area (Å²) in [6.07, 6.45) is 4.77. The summed E-state index contributed by atoms with van der Waals surface area (Å²) in [5.74, 6) is 0.173. The number of hydrogen-bond donors (Lipinski definition) is 2. The maximum absolute atomic E-state index is 12.0. The number of benzene rings is 1. The van der Waals surface area contributed by atoms with Gasteiger partial charge in [-0.1, -0.05) is 45.0 Å². The lowest BCUT2D eigenvalue weighted by atomic mass is 9.87. The van der Waals surface area contributed by atoms with Crippen LogP contribution in [0.15, 0.2) is 48.7 Å². The van der Waals surface area contributed by atoms with Gasteiger partial charge in [0.05, 0.1) is 18.5 Å². The Hall–Kier alpha value is -2.66. The highest BCUT2D eigenvalue weighted by atomic mass is 16.5. The van der Waals surface area contributed by atoms with Crippen LogP contribution in [-0.2, 0) is 10.2 Å². The Balaban J connectivity index is 1.92. The molecule has 0 bridgehead atoms. The molecule has 0 fully saturated rings. The summed E-state index contributed by atoms with van der Waals surface area (Å²) < 4.78 is 5.17. The van der Waals surface area contributed by atoms with E-state index in [1.54, 1.807) is 18.2 Å². The Morgan fingerprint density at radius 3 is 2.48 bits per heavy atom. The van der Waals surface area contributed by atoms with Crippen LogP contribution in [-0.4, -0.2) is 29.2 Å².